The molecular formula is C15H18N2O. The molecule has 2 heterocycles. The minimum Gasteiger partial charge on any atom is -0.372 e. The normalized spacial score (nSPS) is 24.4. The van der Waals surface area contributed by atoms with E-state index in [0.29, 0.717) is 0 Å². The Labute approximate surface area is 107 Å². The maximum Gasteiger partial charge on any atom is 0.0726 e. The highest BCUT2D eigenvalue weighted by Crippen LogP contribution is 2.27. The van der Waals surface area contributed by atoms with Gasteiger partial charge >= 0.3 is 0 Å². The molecule has 0 N–H and O–H groups in total. The number of fused-ring (bicyclic) bond motifs is 1. The number of aromatic nitrogens is 1. The van der Waals surface area contributed by atoms with E-state index in [1.807, 2.05) is 12.3 Å². The van der Waals surface area contributed by atoms with E-state index in [4.69, 9.17) is 4.74 Å². The van der Waals surface area contributed by atoms with E-state index in [2.05, 4.69) is 48.0 Å². The molecule has 1 aromatic heterocycles. The molecule has 18 heavy (non-hydrogen) atoms. The highest BCUT2D eigenvalue weighted by Gasteiger charge is 2.23. The summed E-state index contributed by atoms with van der Waals surface area (Å²) in [5.74, 6) is 0. The highest BCUT2D eigenvalue weighted by molar-refractivity contribution is 5.91. The topological polar surface area (TPSA) is 25.4 Å². The first-order chi connectivity index (χ1) is 8.74. The van der Waals surface area contributed by atoms with Crippen LogP contribution in [0.3, 0.4) is 0 Å². The van der Waals surface area contributed by atoms with E-state index >= 15 is 0 Å². The average Bonchev–Trinajstić information content (AvgIpc) is 2.37. The zero-order valence-corrected chi connectivity index (χ0v) is 10.8. The molecule has 1 saturated heterocycles. The smallest absolute Gasteiger partial charge is 0.0726 e. The molecule has 3 rings (SSSR count). The number of benzene rings is 1. The third-order valence-corrected chi connectivity index (χ3v) is 3.39. The van der Waals surface area contributed by atoms with Crippen molar-refractivity contribution in [2.24, 2.45) is 0 Å². The summed E-state index contributed by atoms with van der Waals surface area (Å²) in [5.41, 5.74) is 2.32. The van der Waals surface area contributed by atoms with Gasteiger partial charge in [0.15, 0.2) is 0 Å². The van der Waals surface area contributed by atoms with Crippen LogP contribution in [0.5, 0.6) is 0 Å². The lowest BCUT2D eigenvalue weighted by Gasteiger charge is -2.37. The van der Waals surface area contributed by atoms with Crippen LogP contribution in [0.15, 0.2) is 36.5 Å². The van der Waals surface area contributed by atoms with Crippen molar-refractivity contribution in [3.05, 3.63) is 36.5 Å². The number of nitrogens with zero attached hydrogens (tertiary/aromatic N) is 2. The van der Waals surface area contributed by atoms with Crippen LogP contribution in [0, 0.1) is 0 Å². The van der Waals surface area contributed by atoms with Gasteiger partial charge in [-0.1, -0.05) is 18.2 Å². The van der Waals surface area contributed by atoms with Crippen molar-refractivity contribution in [2.45, 2.75) is 26.1 Å². The average molecular weight is 242 g/mol. The number of ether oxygens (including phenoxy) is 1. The van der Waals surface area contributed by atoms with Gasteiger partial charge < -0.3 is 9.64 Å². The molecule has 0 saturated carbocycles. The first-order valence-corrected chi connectivity index (χ1v) is 6.48. The Morgan fingerprint density at radius 3 is 2.61 bits per heavy atom. The SMILES string of the molecule is C[C@@H]1CN(c2ccnc3ccccc23)C[C@H](C)O1. The van der Waals surface area contributed by atoms with Gasteiger partial charge in [0.05, 0.1) is 17.7 Å². The summed E-state index contributed by atoms with van der Waals surface area (Å²) in [6.07, 6.45) is 2.45. The van der Waals surface area contributed by atoms with Crippen LogP contribution in [0.4, 0.5) is 5.69 Å². The van der Waals surface area contributed by atoms with Crippen LogP contribution < -0.4 is 4.90 Å². The van der Waals surface area contributed by atoms with Crippen molar-refractivity contribution in [3.8, 4) is 0 Å². The Morgan fingerprint density at radius 1 is 1.11 bits per heavy atom. The molecule has 2 atom stereocenters. The van der Waals surface area contributed by atoms with E-state index in [-0.39, 0.29) is 12.2 Å². The van der Waals surface area contributed by atoms with Crippen molar-refractivity contribution >= 4 is 16.6 Å². The molecule has 3 heteroatoms. The molecule has 0 aliphatic carbocycles. The van der Waals surface area contributed by atoms with Crippen molar-refractivity contribution in [2.75, 3.05) is 18.0 Å². The second-order valence-electron chi connectivity index (χ2n) is 5.01. The molecule has 3 nitrogen and oxygen atoms in total. The zero-order chi connectivity index (χ0) is 12.5. The molecule has 0 amide bonds. The van der Waals surface area contributed by atoms with Crippen LogP contribution in [-0.2, 0) is 4.74 Å². The first-order valence-electron chi connectivity index (χ1n) is 6.48. The molecule has 94 valence electrons. The fourth-order valence-corrected chi connectivity index (χ4v) is 2.73. The van der Waals surface area contributed by atoms with E-state index in [1.165, 1.54) is 11.1 Å². The van der Waals surface area contributed by atoms with Crippen molar-refractivity contribution in [1.29, 1.82) is 0 Å². The fourth-order valence-electron chi connectivity index (χ4n) is 2.73. The minimum atomic E-state index is 0.278. The quantitative estimate of drug-likeness (QED) is 0.769. The monoisotopic (exact) mass is 242 g/mol. The Bertz CT molecular complexity index is 540. The van der Waals surface area contributed by atoms with Crippen LogP contribution in [0.2, 0.25) is 0 Å². The highest BCUT2D eigenvalue weighted by atomic mass is 16.5. The van der Waals surface area contributed by atoms with Crippen LogP contribution in [0.1, 0.15) is 13.8 Å². The predicted octanol–water partition coefficient (Wildman–Crippen LogP) is 2.85. The molecule has 2 aromatic rings. The third-order valence-electron chi connectivity index (χ3n) is 3.39. The van der Waals surface area contributed by atoms with Crippen LogP contribution in [-0.4, -0.2) is 30.3 Å². The van der Waals surface area contributed by atoms with Gasteiger partial charge in [-0.25, -0.2) is 0 Å². The summed E-state index contributed by atoms with van der Waals surface area (Å²) < 4.78 is 5.79. The molecule has 1 aliphatic heterocycles. The maximum absolute atomic E-state index is 5.79. The zero-order valence-electron chi connectivity index (χ0n) is 10.8. The van der Waals surface area contributed by atoms with Gasteiger partial charge in [0, 0.05) is 30.4 Å². The van der Waals surface area contributed by atoms with Gasteiger partial charge in [-0.3, -0.25) is 4.98 Å². The number of morpholine rings is 1. The fraction of sp³-hybridized carbons (Fsp3) is 0.400. The maximum atomic E-state index is 5.79. The molecule has 1 fully saturated rings. The lowest BCUT2D eigenvalue weighted by atomic mass is 10.1. The van der Waals surface area contributed by atoms with Gasteiger partial charge in [-0.2, -0.15) is 0 Å². The minimum absolute atomic E-state index is 0.278. The third kappa shape index (κ3) is 2.06. The molecule has 0 unspecified atom stereocenters. The predicted molar refractivity (Wildman–Crippen MR) is 74.0 cm³/mol. The summed E-state index contributed by atoms with van der Waals surface area (Å²) >= 11 is 0. The summed E-state index contributed by atoms with van der Waals surface area (Å²) in [5, 5.41) is 1.22. The largest absolute Gasteiger partial charge is 0.372 e. The Morgan fingerprint density at radius 2 is 1.83 bits per heavy atom. The molecule has 0 bridgehead atoms. The van der Waals surface area contributed by atoms with Gasteiger partial charge in [-0.15, -0.1) is 0 Å². The van der Waals surface area contributed by atoms with E-state index in [1.54, 1.807) is 0 Å². The molecular weight excluding hydrogens is 224 g/mol. The van der Waals surface area contributed by atoms with Gasteiger partial charge in [0.2, 0.25) is 0 Å². The standard InChI is InChI=1S/C15H18N2O/c1-11-9-17(10-12(2)18-11)15-7-8-16-14-6-4-3-5-13(14)15/h3-8,11-12H,9-10H2,1-2H3/t11-,12+. The van der Waals surface area contributed by atoms with Crippen LogP contribution >= 0.6 is 0 Å². The Hall–Kier alpha value is -1.61. The lowest BCUT2D eigenvalue weighted by molar-refractivity contribution is -0.00513. The second kappa shape index (κ2) is 4.58. The number of hydrogen-bond acceptors (Lipinski definition) is 3. The molecule has 1 aliphatic rings. The Kier molecular flexibility index (Phi) is 2.92. The summed E-state index contributed by atoms with van der Waals surface area (Å²) in [6, 6.07) is 10.4. The summed E-state index contributed by atoms with van der Waals surface area (Å²) in [6.45, 7) is 6.15. The van der Waals surface area contributed by atoms with Crippen molar-refractivity contribution in [3.63, 3.8) is 0 Å². The molecule has 0 spiro atoms. The lowest BCUT2D eigenvalue weighted by Crippen LogP contribution is -2.45. The number of para-hydroxylation sites is 1. The number of pyridine rings is 1. The molecule has 0 radical (unpaired) electrons. The van der Waals surface area contributed by atoms with Crippen molar-refractivity contribution in [1.82, 2.24) is 4.98 Å². The number of rotatable bonds is 1. The second-order valence-corrected chi connectivity index (χ2v) is 5.01. The Balaban J connectivity index is 2.03. The van der Waals surface area contributed by atoms with Gasteiger partial charge in [0.25, 0.3) is 0 Å². The first kappa shape index (κ1) is 11.5. The van der Waals surface area contributed by atoms with Crippen LogP contribution in [0.25, 0.3) is 10.9 Å². The van der Waals surface area contributed by atoms with E-state index in [9.17, 15) is 0 Å². The van der Waals surface area contributed by atoms with Gasteiger partial charge in [0.1, 0.15) is 0 Å². The van der Waals surface area contributed by atoms with Crippen molar-refractivity contribution < 1.29 is 4.74 Å². The summed E-state index contributed by atoms with van der Waals surface area (Å²) in [7, 11) is 0. The van der Waals surface area contributed by atoms with E-state index < -0.39 is 0 Å². The molecule has 1 aromatic carbocycles. The van der Waals surface area contributed by atoms with Gasteiger partial charge in [-0.05, 0) is 26.0 Å². The number of anilines is 1. The number of hydrogen-bond donors (Lipinski definition) is 0. The van der Waals surface area contributed by atoms with E-state index in [0.717, 1.165) is 18.6 Å². The summed E-state index contributed by atoms with van der Waals surface area (Å²) in [4.78, 5) is 6.82.